The van der Waals surface area contributed by atoms with Crippen molar-refractivity contribution in [2.45, 2.75) is 25.6 Å². The Labute approximate surface area is 82.9 Å². The first-order valence-corrected chi connectivity index (χ1v) is 5.05. The van der Waals surface area contributed by atoms with Crippen LogP contribution in [0.15, 0.2) is 0 Å². The van der Waals surface area contributed by atoms with Gasteiger partial charge in [0.25, 0.3) is 0 Å². The summed E-state index contributed by atoms with van der Waals surface area (Å²) in [7, 11) is 0. The Morgan fingerprint density at radius 3 is 2.50 bits per heavy atom. The first kappa shape index (κ1) is 9.89. The summed E-state index contributed by atoms with van der Waals surface area (Å²) >= 11 is 0. The molecular weight excluding hydrogens is 186 g/mol. The standard InChI is InChI=1S/C9H15NO4/c11-8(9-12-5-3-6-13-9)10-4-1-2-7-14-10/h9H,1-7H2. The Hall–Kier alpha value is -0.650. The van der Waals surface area contributed by atoms with Crippen LogP contribution in [0.25, 0.3) is 0 Å². The molecule has 2 aliphatic rings. The van der Waals surface area contributed by atoms with Gasteiger partial charge in [0.2, 0.25) is 6.29 Å². The third-order valence-electron chi connectivity index (χ3n) is 2.28. The lowest BCUT2D eigenvalue weighted by atomic mass is 10.3. The van der Waals surface area contributed by atoms with Gasteiger partial charge < -0.3 is 9.47 Å². The summed E-state index contributed by atoms with van der Waals surface area (Å²) in [6.45, 7) is 2.43. The number of carbonyl (C=O) groups is 1. The smallest absolute Gasteiger partial charge is 0.303 e. The molecule has 0 radical (unpaired) electrons. The summed E-state index contributed by atoms with van der Waals surface area (Å²) in [4.78, 5) is 16.9. The lowest BCUT2D eigenvalue weighted by molar-refractivity contribution is -0.240. The minimum Gasteiger partial charge on any atom is -0.344 e. The fraction of sp³-hybridized carbons (Fsp3) is 0.889. The van der Waals surface area contributed by atoms with E-state index in [4.69, 9.17) is 14.3 Å². The highest BCUT2D eigenvalue weighted by Gasteiger charge is 2.29. The molecule has 0 aromatic carbocycles. The molecule has 0 atom stereocenters. The van der Waals surface area contributed by atoms with Gasteiger partial charge in [0.15, 0.2) is 0 Å². The molecule has 14 heavy (non-hydrogen) atoms. The number of rotatable bonds is 1. The van der Waals surface area contributed by atoms with Gasteiger partial charge in [-0.05, 0) is 19.3 Å². The number of hydrogen-bond donors (Lipinski definition) is 0. The summed E-state index contributed by atoms with van der Waals surface area (Å²) in [6.07, 6.45) is 2.10. The number of hydroxylamine groups is 2. The van der Waals surface area contributed by atoms with E-state index in [1.54, 1.807) is 0 Å². The maximum atomic E-state index is 11.7. The Balaban J connectivity index is 1.85. The Kier molecular flexibility index (Phi) is 3.34. The number of hydrogen-bond acceptors (Lipinski definition) is 4. The fourth-order valence-corrected chi connectivity index (χ4v) is 1.52. The van der Waals surface area contributed by atoms with Gasteiger partial charge in [-0.1, -0.05) is 0 Å². The van der Waals surface area contributed by atoms with Crippen LogP contribution in [0.4, 0.5) is 0 Å². The van der Waals surface area contributed by atoms with Gasteiger partial charge in [0.05, 0.1) is 19.8 Å². The minimum atomic E-state index is -0.748. The first-order valence-electron chi connectivity index (χ1n) is 5.05. The van der Waals surface area contributed by atoms with Crippen LogP contribution in [0.5, 0.6) is 0 Å². The number of amides is 1. The van der Waals surface area contributed by atoms with Crippen molar-refractivity contribution >= 4 is 5.91 Å². The van der Waals surface area contributed by atoms with Gasteiger partial charge in [-0.25, -0.2) is 5.06 Å². The van der Waals surface area contributed by atoms with Crippen molar-refractivity contribution in [2.24, 2.45) is 0 Å². The topological polar surface area (TPSA) is 48.0 Å². The monoisotopic (exact) mass is 201 g/mol. The highest BCUT2D eigenvalue weighted by atomic mass is 16.7. The van der Waals surface area contributed by atoms with Crippen LogP contribution in [0.3, 0.4) is 0 Å². The van der Waals surface area contributed by atoms with Crippen LogP contribution in [-0.2, 0) is 19.1 Å². The molecule has 0 unspecified atom stereocenters. The van der Waals surface area contributed by atoms with E-state index in [0.29, 0.717) is 26.4 Å². The zero-order chi connectivity index (χ0) is 9.80. The molecule has 2 aliphatic heterocycles. The zero-order valence-corrected chi connectivity index (χ0v) is 8.11. The molecule has 5 heteroatoms. The second-order valence-corrected chi connectivity index (χ2v) is 3.41. The van der Waals surface area contributed by atoms with E-state index in [1.165, 1.54) is 5.06 Å². The molecule has 2 rings (SSSR count). The predicted molar refractivity (Wildman–Crippen MR) is 47.2 cm³/mol. The summed E-state index contributed by atoms with van der Waals surface area (Å²) in [5.74, 6) is -0.204. The lowest BCUT2D eigenvalue weighted by Crippen LogP contribution is -2.45. The van der Waals surface area contributed by atoms with E-state index < -0.39 is 6.29 Å². The quantitative estimate of drug-likeness (QED) is 0.612. The zero-order valence-electron chi connectivity index (χ0n) is 8.11. The van der Waals surface area contributed by atoms with E-state index in [9.17, 15) is 4.79 Å². The summed E-state index contributed by atoms with van der Waals surface area (Å²) in [6, 6.07) is 0. The molecule has 0 bridgehead atoms. The summed E-state index contributed by atoms with van der Waals surface area (Å²) < 4.78 is 10.4. The minimum absolute atomic E-state index is 0.204. The van der Waals surface area contributed by atoms with Crippen molar-refractivity contribution in [3.8, 4) is 0 Å². The van der Waals surface area contributed by atoms with Crippen LogP contribution >= 0.6 is 0 Å². The van der Waals surface area contributed by atoms with Gasteiger partial charge >= 0.3 is 5.91 Å². The first-order chi connectivity index (χ1) is 6.88. The average molecular weight is 201 g/mol. The molecule has 5 nitrogen and oxygen atoms in total. The molecule has 1 amide bonds. The molecular formula is C9H15NO4. The van der Waals surface area contributed by atoms with Gasteiger partial charge in [-0.15, -0.1) is 0 Å². The Bertz CT molecular complexity index is 177. The molecule has 0 saturated carbocycles. The van der Waals surface area contributed by atoms with E-state index in [-0.39, 0.29) is 5.91 Å². The SMILES string of the molecule is O=C(C1OCCCO1)N1CCCCO1. The van der Waals surface area contributed by atoms with Crippen molar-refractivity contribution in [3.05, 3.63) is 0 Å². The molecule has 80 valence electrons. The van der Waals surface area contributed by atoms with E-state index in [2.05, 4.69) is 0 Å². The number of ether oxygens (including phenoxy) is 2. The van der Waals surface area contributed by atoms with Crippen molar-refractivity contribution in [2.75, 3.05) is 26.4 Å². The third kappa shape index (κ3) is 2.23. The van der Waals surface area contributed by atoms with E-state index >= 15 is 0 Å². The maximum absolute atomic E-state index is 11.7. The predicted octanol–water partition coefficient (Wildman–Crippen LogP) is 0.303. The Morgan fingerprint density at radius 2 is 1.86 bits per heavy atom. The van der Waals surface area contributed by atoms with Gasteiger partial charge in [0.1, 0.15) is 0 Å². The molecule has 2 saturated heterocycles. The van der Waals surface area contributed by atoms with Crippen molar-refractivity contribution < 1.29 is 19.1 Å². The average Bonchev–Trinajstić information content (AvgIpc) is 2.30. The van der Waals surface area contributed by atoms with Crippen LogP contribution in [0, 0.1) is 0 Å². The molecule has 0 spiro atoms. The van der Waals surface area contributed by atoms with Gasteiger partial charge in [0, 0.05) is 6.54 Å². The third-order valence-corrected chi connectivity index (χ3v) is 2.28. The second-order valence-electron chi connectivity index (χ2n) is 3.41. The molecule has 2 fully saturated rings. The molecule has 0 aliphatic carbocycles. The summed E-state index contributed by atoms with van der Waals surface area (Å²) in [5, 5.41) is 1.36. The molecule has 2 heterocycles. The summed E-state index contributed by atoms with van der Waals surface area (Å²) in [5.41, 5.74) is 0. The highest BCUT2D eigenvalue weighted by molar-refractivity contribution is 5.78. The fourth-order valence-electron chi connectivity index (χ4n) is 1.52. The highest BCUT2D eigenvalue weighted by Crippen LogP contribution is 2.12. The second kappa shape index (κ2) is 4.72. The number of nitrogens with zero attached hydrogens (tertiary/aromatic N) is 1. The Morgan fingerprint density at radius 1 is 1.07 bits per heavy atom. The maximum Gasteiger partial charge on any atom is 0.303 e. The number of carbonyl (C=O) groups excluding carboxylic acids is 1. The van der Waals surface area contributed by atoms with Crippen LogP contribution < -0.4 is 0 Å². The van der Waals surface area contributed by atoms with Crippen molar-refractivity contribution in [3.63, 3.8) is 0 Å². The molecule has 0 N–H and O–H groups in total. The normalized spacial score (nSPS) is 25.0. The van der Waals surface area contributed by atoms with Crippen LogP contribution in [0.1, 0.15) is 19.3 Å². The van der Waals surface area contributed by atoms with Crippen molar-refractivity contribution in [1.29, 1.82) is 0 Å². The van der Waals surface area contributed by atoms with Gasteiger partial charge in [-0.3, -0.25) is 9.63 Å². The van der Waals surface area contributed by atoms with Crippen molar-refractivity contribution in [1.82, 2.24) is 5.06 Å². The molecule has 0 aromatic heterocycles. The van der Waals surface area contributed by atoms with E-state index in [1.807, 2.05) is 0 Å². The van der Waals surface area contributed by atoms with E-state index in [0.717, 1.165) is 19.3 Å². The largest absolute Gasteiger partial charge is 0.344 e. The van der Waals surface area contributed by atoms with Crippen LogP contribution in [-0.4, -0.2) is 43.6 Å². The molecule has 0 aromatic rings. The van der Waals surface area contributed by atoms with Gasteiger partial charge in [-0.2, -0.15) is 0 Å². The lowest BCUT2D eigenvalue weighted by Gasteiger charge is -2.30. The van der Waals surface area contributed by atoms with Crippen LogP contribution in [0.2, 0.25) is 0 Å².